The summed E-state index contributed by atoms with van der Waals surface area (Å²) in [5.41, 5.74) is 0.489. The number of nitrogens with zero attached hydrogens (tertiary/aromatic N) is 1. The fourth-order valence-corrected chi connectivity index (χ4v) is 5.86. The van der Waals surface area contributed by atoms with E-state index < -0.39 is 11.7 Å². The lowest BCUT2D eigenvalue weighted by Gasteiger charge is -2.58. The highest BCUT2D eigenvalue weighted by Crippen LogP contribution is 2.64. The van der Waals surface area contributed by atoms with Gasteiger partial charge in [0, 0.05) is 22.9 Å². The van der Waals surface area contributed by atoms with E-state index in [0.717, 1.165) is 30.9 Å². The summed E-state index contributed by atoms with van der Waals surface area (Å²) in [6.45, 7) is 4.89. The maximum Gasteiger partial charge on any atom is 0.178 e. The van der Waals surface area contributed by atoms with Gasteiger partial charge in [0.25, 0.3) is 0 Å². The molecule has 1 aromatic carbocycles. The molecule has 0 saturated carbocycles. The van der Waals surface area contributed by atoms with E-state index in [0.29, 0.717) is 12.6 Å². The van der Waals surface area contributed by atoms with Gasteiger partial charge in [-0.2, -0.15) is 0 Å². The quantitative estimate of drug-likeness (QED) is 0.839. The Labute approximate surface area is 153 Å². The normalized spacial score (nSPS) is 39.3. The summed E-state index contributed by atoms with van der Waals surface area (Å²) >= 11 is 0. The number of rotatable bonds is 3. The number of ketones is 1. The van der Waals surface area contributed by atoms with Crippen molar-refractivity contribution in [2.45, 2.75) is 49.9 Å². The van der Waals surface area contributed by atoms with Crippen LogP contribution in [0.5, 0.6) is 11.5 Å². The highest BCUT2D eigenvalue weighted by atomic mass is 16.5. The number of hydrogen-bond acceptors (Lipinski definition) is 5. The van der Waals surface area contributed by atoms with Gasteiger partial charge in [-0.25, -0.2) is 0 Å². The molecule has 0 unspecified atom stereocenters. The number of benzene rings is 1. The van der Waals surface area contributed by atoms with Crippen LogP contribution in [0.15, 0.2) is 24.3 Å². The lowest BCUT2D eigenvalue weighted by Crippen LogP contribution is -2.69. The summed E-state index contributed by atoms with van der Waals surface area (Å²) in [6, 6.07) is 4.48. The summed E-state index contributed by atoms with van der Waals surface area (Å²) < 4.78 is 12.2. The predicted octanol–water partition coefficient (Wildman–Crippen LogP) is 1.85. The molecular weight excluding hydrogens is 330 g/mol. The smallest absolute Gasteiger partial charge is 0.178 e. The zero-order valence-corrected chi connectivity index (χ0v) is 15.5. The SMILES string of the molecule is CCOc1ccc2c3c1O[C@@H]1[C@]34CCN(C)[C@H](C2)[C@@H]4C=C[C@@]1(O)C(C)=O. The van der Waals surface area contributed by atoms with Crippen LogP contribution in [0.25, 0.3) is 0 Å². The number of carbonyl (C=O) groups is 1. The van der Waals surface area contributed by atoms with Gasteiger partial charge in [0.15, 0.2) is 22.9 Å². The minimum atomic E-state index is -1.59. The predicted molar refractivity (Wildman–Crippen MR) is 96.7 cm³/mol. The first-order valence-electron chi connectivity index (χ1n) is 9.52. The van der Waals surface area contributed by atoms with Crippen molar-refractivity contribution in [3.8, 4) is 11.5 Å². The van der Waals surface area contributed by atoms with E-state index in [1.165, 1.54) is 18.1 Å². The molecule has 1 fully saturated rings. The molecule has 1 spiro atoms. The van der Waals surface area contributed by atoms with Gasteiger partial charge in [0.1, 0.15) is 6.10 Å². The third-order valence-electron chi connectivity index (χ3n) is 7.08. The minimum Gasteiger partial charge on any atom is -0.490 e. The molecule has 1 saturated heterocycles. The van der Waals surface area contributed by atoms with Crippen molar-refractivity contribution in [1.82, 2.24) is 4.90 Å². The molecule has 26 heavy (non-hydrogen) atoms. The summed E-state index contributed by atoms with van der Waals surface area (Å²) in [6.07, 6.45) is 5.00. The van der Waals surface area contributed by atoms with Gasteiger partial charge in [0.05, 0.1) is 6.61 Å². The third kappa shape index (κ3) is 1.71. The first kappa shape index (κ1) is 16.3. The maximum absolute atomic E-state index is 12.4. The van der Waals surface area contributed by atoms with E-state index >= 15 is 0 Å². The van der Waals surface area contributed by atoms with Crippen molar-refractivity contribution in [3.63, 3.8) is 0 Å². The lowest BCUT2D eigenvalue weighted by atomic mass is 9.51. The van der Waals surface area contributed by atoms with Gasteiger partial charge in [-0.3, -0.25) is 4.79 Å². The van der Waals surface area contributed by atoms with Crippen molar-refractivity contribution >= 4 is 5.78 Å². The molecule has 0 radical (unpaired) electrons. The second-order valence-corrected chi connectivity index (χ2v) is 8.17. The van der Waals surface area contributed by atoms with Crippen molar-refractivity contribution in [3.05, 3.63) is 35.4 Å². The second kappa shape index (κ2) is 5.11. The van der Waals surface area contributed by atoms with Crippen molar-refractivity contribution < 1.29 is 19.4 Å². The number of likely N-dealkylation sites (tertiary alicyclic amines) is 1. The summed E-state index contributed by atoms with van der Waals surface area (Å²) in [4.78, 5) is 14.8. The second-order valence-electron chi connectivity index (χ2n) is 8.17. The van der Waals surface area contributed by atoms with Crippen LogP contribution in [-0.2, 0) is 16.6 Å². The van der Waals surface area contributed by atoms with Gasteiger partial charge in [-0.05, 0) is 58.0 Å². The van der Waals surface area contributed by atoms with Crippen LogP contribution in [0.3, 0.4) is 0 Å². The van der Waals surface area contributed by atoms with Gasteiger partial charge < -0.3 is 19.5 Å². The van der Waals surface area contributed by atoms with Crippen LogP contribution >= 0.6 is 0 Å². The number of ether oxygens (including phenoxy) is 2. The van der Waals surface area contributed by atoms with Crippen LogP contribution in [0.1, 0.15) is 31.4 Å². The standard InChI is InChI=1S/C21H25NO4/c1-4-25-16-6-5-13-11-15-14-7-8-21(24,12(2)23)19-20(14,9-10-22(15)3)17(13)18(16)26-19/h5-8,14-15,19,24H,4,9-11H2,1-3H3/t14-,15+,19+,20-,21+/m0/s1. The van der Waals surface area contributed by atoms with E-state index in [-0.39, 0.29) is 17.1 Å². The zero-order chi connectivity index (χ0) is 18.3. The van der Waals surface area contributed by atoms with E-state index in [2.05, 4.69) is 24.1 Å². The Morgan fingerprint density at radius 1 is 1.46 bits per heavy atom. The number of piperidine rings is 1. The van der Waals surface area contributed by atoms with Gasteiger partial charge in [0.2, 0.25) is 0 Å². The Balaban J connectivity index is 1.80. The number of likely N-dealkylation sites (N-methyl/N-ethyl adjacent to an activating group) is 1. The van der Waals surface area contributed by atoms with Crippen LogP contribution in [0.4, 0.5) is 0 Å². The number of hydrogen-bond donors (Lipinski definition) is 1. The molecule has 4 aliphatic rings. The number of carbonyl (C=O) groups excluding carboxylic acids is 1. The molecule has 2 aliphatic carbocycles. The molecule has 5 rings (SSSR count). The zero-order valence-electron chi connectivity index (χ0n) is 15.5. The monoisotopic (exact) mass is 355 g/mol. The van der Waals surface area contributed by atoms with Gasteiger partial charge in [-0.15, -0.1) is 0 Å². The molecule has 1 aromatic rings. The molecule has 5 atom stereocenters. The maximum atomic E-state index is 12.4. The molecule has 0 amide bonds. The molecule has 2 aliphatic heterocycles. The van der Waals surface area contributed by atoms with Gasteiger partial charge in [-0.1, -0.05) is 12.1 Å². The van der Waals surface area contributed by atoms with Crippen LogP contribution in [0, 0.1) is 5.92 Å². The summed E-state index contributed by atoms with van der Waals surface area (Å²) in [7, 11) is 2.17. The highest BCUT2D eigenvalue weighted by Gasteiger charge is 2.68. The average molecular weight is 355 g/mol. The fourth-order valence-electron chi connectivity index (χ4n) is 5.86. The number of aliphatic hydroxyl groups is 1. The molecule has 2 heterocycles. The summed E-state index contributed by atoms with van der Waals surface area (Å²) in [5, 5.41) is 11.3. The van der Waals surface area contributed by atoms with Crippen molar-refractivity contribution in [2.75, 3.05) is 20.2 Å². The van der Waals surface area contributed by atoms with E-state index in [4.69, 9.17) is 9.47 Å². The summed E-state index contributed by atoms with van der Waals surface area (Å²) in [5.74, 6) is 1.43. The first-order valence-corrected chi connectivity index (χ1v) is 9.52. The molecule has 138 valence electrons. The molecule has 0 aromatic heterocycles. The Bertz CT molecular complexity index is 834. The van der Waals surface area contributed by atoms with E-state index in [1.807, 2.05) is 13.0 Å². The van der Waals surface area contributed by atoms with Crippen LogP contribution in [0.2, 0.25) is 0 Å². The third-order valence-corrected chi connectivity index (χ3v) is 7.08. The average Bonchev–Trinajstić information content (AvgIpc) is 2.97. The van der Waals surface area contributed by atoms with E-state index in [1.54, 1.807) is 6.08 Å². The molecule has 5 heteroatoms. The minimum absolute atomic E-state index is 0.233. The molecular formula is C21H25NO4. The Morgan fingerprint density at radius 3 is 3.00 bits per heavy atom. The molecule has 1 N–H and O–H groups in total. The van der Waals surface area contributed by atoms with Crippen molar-refractivity contribution in [1.29, 1.82) is 0 Å². The lowest BCUT2D eigenvalue weighted by molar-refractivity contribution is -0.148. The Kier molecular flexibility index (Phi) is 3.21. The Morgan fingerprint density at radius 2 is 2.27 bits per heavy atom. The fraction of sp³-hybridized carbons (Fsp3) is 0.571. The first-order chi connectivity index (χ1) is 12.4. The van der Waals surface area contributed by atoms with Gasteiger partial charge >= 0.3 is 0 Å². The Hall–Kier alpha value is -1.85. The van der Waals surface area contributed by atoms with Crippen LogP contribution < -0.4 is 9.47 Å². The largest absolute Gasteiger partial charge is 0.490 e. The molecule has 2 bridgehead atoms. The number of Topliss-reactive ketones (excluding diaryl/α,β-unsaturated/α-hetero) is 1. The molecule has 5 nitrogen and oxygen atoms in total. The highest BCUT2D eigenvalue weighted by molar-refractivity contribution is 5.89. The van der Waals surface area contributed by atoms with E-state index in [9.17, 15) is 9.90 Å². The topological polar surface area (TPSA) is 59.0 Å². The van der Waals surface area contributed by atoms with Crippen molar-refractivity contribution in [2.24, 2.45) is 5.92 Å². The van der Waals surface area contributed by atoms with Crippen LogP contribution in [-0.4, -0.2) is 53.7 Å².